The van der Waals surface area contributed by atoms with E-state index >= 15 is 0 Å². The number of hydrogen-bond acceptors (Lipinski definition) is 3. The first-order valence-electron chi connectivity index (χ1n) is 6.13. The first kappa shape index (κ1) is 13.7. The van der Waals surface area contributed by atoms with Gasteiger partial charge in [-0.3, -0.25) is 0 Å². The van der Waals surface area contributed by atoms with E-state index in [9.17, 15) is 15.0 Å². The predicted octanol–water partition coefficient (Wildman–Crippen LogP) is 3.36. The van der Waals surface area contributed by atoms with Crippen LogP contribution in [0.1, 0.15) is 11.1 Å². The number of nitrogens with one attached hydrogen (secondary N) is 2. The summed E-state index contributed by atoms with van der Waals surface area (Å²) in [4.78, 5) is 11.9. The average molecular weight is 272 g/mol. The minimum Gasteiger partial charge on any atom is -0.508 e. The van der Waals surface area contributed by atoms with Gasteiger partial charge in [-0.25, -0.2) is 4.79 Å². The van der Waals surface area contributed by atoms with Crippen molar-refractivity contribution in [2.24, 2.45) is 0 Å². The molecule has 0 saturated carbocycles. The van der Waals surface area contributed by atoms with Crippen molar-refractivity contribution in [3.8, 4) is 11.5 Å². The summed E-state index contributed by atoms with van der Waals surface area (Å²) in [5.41, 5.74) is 2.78. The Kier molecular flexibility index (Phi) is 3.79. The van der Waals surface area contributed by atoms with E-state index in [0.29, 0.717) is 11.4 Å². The molecule has 0 saturated heterocycles. The van der Waals surface area contributed by atoms with E-state index in [-0.39, 0.29) is 17.5 Å². The maximum absolute atomic E-state index is 11.9. The van der Waals surface area contributed by atoms with Gasteiger partial charge in [0, 0.05) is 11.4 Å². The summed E-state index contributed by atoms with van der Waals surface area (Å²) in [6.07, 6.45) is 0. The molecule has 2 amide bonds. The summed E-state index contributed by atoms with van der Waals surface area (Å²) >= 11 is 0. The summed E-state index contributed by atoms with van der Waals surface area (Å²) in [6, 6.07) is 9.04. The van der Waals surface area contributed by atoms with E-state index in [1.807, 2.05) is 0 Å². The number of benzene rings is 2. The highest BCUT2D eigenvalue weighted by atomic mass is 16.3. The van der Waals surface area contributed by atoms with Crippen molar-refractivity contribution in [2.45, 2.75) is 13.8 Å². The third-order valence-electron chi connectivity index (χ3n) is 2.92. The summed E-state index contributed by atoms with van der Waals surface area (Å²) in [5, 5.41) is 24.0. The monoisotopic (exact) mass is 272 g/mol. The second-order valence-electron chi connectivity index (χ2n) is 4.58. The zero-order chi connectivity index (χ0) is 14.7. The van der Waals surface area contributed by atoms with Crippen molar-refractivity contribution >= 4 is 17.4 Å². The fraction of sp³-hybridized carbons (Fsp3) is 0.133. The summed E-state index contributed by atoms with van der Waals surface area (Å²) in [7, 11) is 0. The lowest BCUT2D eigenvalue weighted by Crippen LogP contribution is -2.20. The standard InChI is InChI=1S/C15H16N2O3/c1-9-7-11(18)3-5-13(9)16-15(20)17-14-6-4-12(19)8-10(14)2/h3-8,18-19H,1-2H3,(H2,16,17,20). The van der Waals surface area contributed by atoms with Crippen LogP contribution in [-0.4, -0.2) is 16.2 Å². The van der Waals surface area contributed by atoms with Crippen LogP contribution in [0.3, 0.4) is 0 Å². The van der Waals surface area contributed by atoms with Gasteiger partial charge in [0.2, 0.25) is 0 Å². The number of phenolic OH excluding ortho intramolecular Hbond substituents is 2. The molecular formula is C15H16N2O3. The Morgan fingerprint density at radius 2 is 1.25 bits per heavy atom. The minimum absolute atomic E-state index is 0.155. The van der Waals surface area contributed by atoms with Gasteiger partial charge >= 0.3 is 6.03 Å². The number of hydrogen-bond donors (Lipinski definition) is 4. The SMILES string of the molecule is Cc1cc(O)ccc1NC(=O)Nc1ccc(O)cc1C. The van der Waals surface area contributed by atoms with Crippen LogP contribution in [0.15, 0.2) is 36.4 Å². The van der Waals surface area contributed by atoms with Crippen molar-refractivity contribution < 1.29 is 15.0 Å². The fourth-order valence-corrected chi connectivity index (χ4v) is 1.85. The van der Waals surface area contributed by atoms with E-state index in [2.05, 4.69) is 10.6 Å². The second-order valence-corrected chi connectivity index (χ2v) is 4.58. The lowest BCUT2D eigenvalue weighted by atomic mass is 10.2. The quantitative estimate of drug-likeness (QED) is 0.633. The minimum atomic E-state index is -0.382. The van der Waals surface area contributed by atoms with E-state index in [0.717, 1.165) is 11.1 Å². The molecule has 2 rings (SSSR count). The van der Waals surface area contributed by atoms with Crippen molar-refractivity contribution in [2.75, 3.05) is 10.6 Å². The van der Waals surface area contributed by atoms with Crippen LogP contribution >= 0.6 is 0 Å². The molecule has 20 heavy (non-hydrogen) atoms. The highest BCUT2D eigenvalue weighted by molar-refractivity contribution is 6.00. The molecular weight excluding hydrogens is 256 g/mol. The second kappa shape index (κ2) is 5.52. The van der Waals surface area contributed by atoms with E-state index in [4.69, 9.17) is 0 Å². The molecule has 0 atom stereocenters. The van der Waals surface area contributed by atoms with Gasteiger partial charge < -0.3 is 20.8 Å². The van der Waals surface area contributed by atoms with Gasteiger partial charge in [-0.1, -0.05) is 0 Å². The fourth-order valence-electron chi connectivity index (χ4n) is 1.85. The number of rotatable bonds is 2. The van der Waals surface area contributed by atoms with Gasteiger partial charge in [0.05, 0.1) is 0 Å². The summed E-state index contributed by atoms with van der Waals surface area (Å²) < 4.78 is 0. The molecule has 0 bridgehead atoms. The summed E-state index contributed by atoms with van der Waals surface area (Å²) in [6.45, 7) is 3.59. The van der Waals surface area contributed by atoms with Crippen molar-refractivity contribution in [1.29, 1.82) is 0 Å². The third-order valence-corrected chi connectivity index (χ3v) is 2.92. The van der Waals surface area contributed by atoms with Crippen LogP contribution < -0.4 is 10.6 Å². The smallest absolute Gasteiger partial charge is 0.323 e. The summed E-state index contributed by atoms with van der Waals surface area (Å²) in [5.74, 6) is 0.311. The molecule has 0 spiro atoms. The predicted molar refractivity (Wildman–Crippen MR) is 78.3 cm³/mol. The highest BCUT2D eigenvalue weighted by Crippen LogP contribution is 2.22. The van der Waals surface area contributed by atoms with Crippen molar-refractivity contribution in [3.05, 3.63) is 47.5 Å². The molecule has 0 aliphatic heterocycles. The lowest BCUT2D eigenvalue weighted by Gasteiger charge is -2.12. The number of anilines is 2. The first-order chi connectivity index (χ1) is 9.45. The molecule has 5 heteroatoms. The van der Waals surface area contributed by atoms with E-state index in [1.165, 1.54) is 12.1 Å². The molecule has 4 N–H and O–H groups in total. The third kappa shape index (κ3) is 3.20. The number of carbonyl (C=O) groups is 1. The van der Waals surface area contributed by atoms with E-state index in [1.54, 1.807) is 38.1 Å². The largest absolute Gasteiger partial charge is 0.508 e. The molecule has 0 radical (unpaired) electrons. The molecule has 0 heterocycles. The Bertz CT molecular complexity index is 598. The van der Waals surface area contributed by atoms with Crippen LogP contribution in [-0.2, 0) is 0 Å². The van der Waals surface area contributed by atoms with Crippen molar-refractivity contribution in [3.63, 3.8) is 0 Å². The molecule has 0 aliphatic rings. The molecule has 2 aromatic carbocycles. The van der Waals surface area contributed by atoms with Crippen LogP contribution in [0.25, 0.3) is 0 Å². The highest BCUT2D eigenvalue weighted by Gasteiger charge is 2.07. The number of urea groups is 1. The molecule has 0 fully saturated rings. The van der Waals surface area contributed by atoms with Crippen LogP contribution in [0.4, 0.5) is 16.2 Å². The number of phenols is 2. The van der Waals surface area contributed by atoms with Gasteiger partial charge in [0.15, 0.2) is 0 Å². The van der Waals surface area contributed by atoms with Gasteiger partial charge in [-0.15, -0.1) is 0 Å². The maximum Gasteiger partial charge on any atom is 0.323 e. The topological polar surface area (TPSA) is 81.6 Å². The number of aromatic hydroxyl groups is 2. The maximum atomic E-state index is 11.9. The molecule has 0 unspecified atom stereocenters. The molecule has 0 aliphatic carbocycles. The first-order valence-corrected chi connectivity index (χ1v) is 6.13. The number of carbonyl (C=O) groups excluding carboxylic acids is 1. The lowest BCUT2D eigenvalue weighted by molar-refractivity contribution is 0.262. The van der Waals surface area contributed by atoms with Crippen LogP contribution in [0, 0.1) is 13.8 Å². The Morgan fingerprint density at radius 3 is 1.60 bits per heavy atom. The van der Waals surface area contributed by atoms with E-state index < -0.39 is 0 Å². The zero-order valence-corrected chi connectivity index (χ0v) is 11.3. The normalized spacial score (nSPS) is 10.1. The van der Waals surface area contributed by atoms with Gasteiger partial charge in [-0.05, 0) is 61.4 Å². The Hall–Kier alpha value is -2.69. The molecule has 0 aromatic heterocycles. The van der Waals surface area contributed by atoms with Gasteiger partial charge in [0.1, 0.15) is 11.5 Å². The van der Waals surface area contributed by atoms with Gasteiger partial charge in [-0.2, -0.15) is 0 Å². The molecule has 104 valence electrons. The number of amides is 2. The number of aryl methyl sites for hydroxylation is 2. The van der Waals surface area contributed by atoms with Gasteiger partial charge in [0.25, 0.3) is 0 Å². The molecule has 2 aromatic rings. The van der Waals surface area contributed by atoms with Crippen LogP contribution in [0.5, 0.6) is 11.5 Å². The Labute approximate surface area is 116 Å². The molecule has 5 nitrogen and oxygen atoms in total. The van der Waals surface area contributed by atoms with Crippen LogP contribution in [0.2, 0.25) is 0 Å². The Morgan fingerprint density at radius 1 is 0.850 bits per heavy atom. The Balaban J connectivity index is 2.09. The average Bonchev–Trinajstić information content (AvgIpc) is 2.36. The zero-order valence-electron chi connectivity index (χ0n) is 11.3. The van der Waals surface area contributed by atoms with Crippen molar-refractivity contribution in [1.82, 2.24) is 0 Å².